The predicted octanol–water partition coefficient (Wildman–Crippen LogP) is 3.51. The Morgan fingerprint density at radius 2 is 1.83 bits per heavy atom. The van der Waals surface area contributed by atoms with Gasteiger partial charge in [0.25, 0.3) is 5.91 Å². The molecule has 6 heteroatoms. The molecule has 1 fully saturated rings. The Hall–Kier alpha value is -2.34. The van der Waals surface area contributed by atoms with Crippen molar-refractivity contribution in [3.63, 3.8) is 0 Å². The van der Waals surface area contributed by atoms with E-state index in [9.17, 15) is 9.59 Å². The number of amides is 1. The monoisotopic (exact) mass is 399 g/mol. The van der Waals surface area contributed by atoms with Crippen molar-refractivity contribution in [2.75, 3.05) is 42.9 Å². The summed E-state index contributed by atoms with van der Waals surface area (Å²) in [4.78, 5) is 30.2. The molecule has 0 saturated carbocycles. The third-order valence-electron chi connectivity index (χ3n) is 6.35. The van der Waals surface area contributed by atoms with Gasteiger partial charge in [0.15, 0.2) is 0 Å². The molecule has 2 heterocycles. The number of nitrogens with one attached hydrogen (secondary N) is 1. The molecule has 0 unspecified atom stereocenters. The van der Waals surface area contributed by atoms with E-state index in [4.69, 9.17) is 4.74 Å². The number of carbonyl (C=O) groups is 2. The third kappa shape index (κ3) is 4.04. The Kier molecular flexibility index (Phi) is 6.32. The first-order chi connectivity index (χ1) is 13.8. The molecule has 1 aromatic carbocycles. The number of aryl methyl sites for hydroxylation is 1. The van der Waals surface area contributed by atoms with Gasteiger partial charge in [0.1, 0.15) is 5.60 Å². The maximum absolute atomic E-state index is 13.3. The summed E-state index contributed by atoms with van der Waals surface area (Å²) in [6, 6.07) is 6.07. The number of likely N-dealkylation sites (tertiary alicyclic amines) is 1. The van der Waals surface area contributed by atoms with Crippen molar-refractivity contribution in [1.82, 2.24) is 4.90 Å². The lowest BCUT2D eigenvalue weighted by molar-refractivity contribution is -0.150. The zero-order valence-electron chi connectivity index (χ0n) is 18.3. The highest BCUT2D eigenvalue weighted by atomic mass is 16.6. The van der Waals surface area contributed by atoms with Crippen LogP contribution in [0.15, 0.2) is 29.3 Å². The summed E-state index contributed by atoms with van der Waals surface area (Å²) >= 11 is 0. The molecule has 1 amide bonds. The topological polar surface area (TPSA) is 61.9 Å². The van der Waals surface area contributed by atoms with Gasteiger partial charge in [-0.1, -0.05) is 6.92 Å². The third-order valence-corrected chi connectivity index (χ3v) is 6.35. The van der Waals surface area contributed by atoms with E-state index in [1.54, 1.807) is 6.92 Å². The van der Waals surface area contributed by atoms with E-state index >= 15 is 0 Å². The number of nitrogens with zero attached hydrogens (tertiary/aromatic N) is 2. The van der Waals surface area contributed by atoms with Crippen molar-refractivity contribution >= 4 is 23.3 Å². The Morgan fingerprint density at radius 1 is 1.17 bits per heavy atom. The summed E-state index contributed by atoms with van der Waals surface area (Å²) in [7, 11) is 0. The fourth-order valence-corrected chi connectivity index (χ4v) is 4.47. The van der Waals surface area contributed by atoms with Crippen LogP contribution >= 0.6 is 0 Å². The maximum Gasteiger partial charge on any atom is 0.335 e. The summed E-state index contributed by atoms with van der Waals surface area (Å²) in [6.07, 6.45) is 1.32. The van der Waals surface area contributed by atoms with Crippen molar-refractivity contribution in [2.24, 2.45) is 0 Å². The van der Waals surface area contributed by atoms with Gasteiger partial charge in [-0.3, -0.25) is 4.79 Å². The van der Waals surface area contributed by atoms with Gasteiger partial charge < -0.3 is 19.9 Å². The van der Waals surface area contributed by atoms with Gasteiger partial charge in [-0.25, -0.2) is 4.79 Å². The molecule has 1 saturated heterocycles. The van der Waals surface area contributed by atoms with Crippen molar-refractivity contribution in [3.8, 4) is 0 Å². The summed E-state index contributed by atoms with van der Waals surface area (Å²) in [5, 5.41) is 3.04. The molecule has 3 rings (SSSR count). The standard InChI is InChI=1S/C23H33N3O3/c1-6-25-13-11-23(12-14-25)20(17(5)22(28)29-23)21(27)24-19-10-9-18(15-16(19)4)26(7-2)8-3/h9-10,15H,6-8,11-14H2,1-5H3,(H,24,27). The van der Waals surface area contributed by atoms with Crippen LogP contribution in [0.5, 0.6) is 0 Å². The lowest BCUT2D eigenvalue weighted by Gasteiger charge is -2.39. The molecule has 1 N–H and O–H groups in total. The number of ether oxygens (including phenoxy) is 1. The Bertz CT molecular complexity index is 819. The van der Waals surface area contributed by atoms with E-state index in [1.807, 2.05) is 19.1 Å². The zero-order chi connectivity index (χ0) is 21.2. The van der Waals surface area contributed by atoms with E-state index in [0.717, 1.165) is 49.7 Å². The molecular weight excluding hydrogens is 366 g/mol. The number of esters is 1. The molecule has 2 aliphatic rings. The van der Waals surface area contributed by atoms with Crippen molar-refractivity contribution in [3.05, 3.63) is 34.9 Å². The fraction of sp³-hybridized carbons (Fsp3) is 0.565. The van der Waals surface area contributed by atoms with Crippen LogP contribution in [0, 0.1) is 6.92 Å². The lowest BCUT2D eigenvalue weighted by Crippen LogP contribution is -2.47. The minimum absolute atomic E-state index is 0.225. The average Bonchev–Trinajstić information content (AvgIpc) is 2.95. The molecule has 0 bridgehead atoms. The largest absolute Gasteiger partial charge is 0.450 e. The molecule has 0 aliphatic carbocycles. The predicted molar refractivity (Wildman–Crippen MR) is 116 cm³/mol. The summed E-state index contributed by atoms with van der Waals surface area (Å²) < 4.78 is 5.77. The quantitative estimate of drug-likeness (QED) is 0.742. The van der Waals surface area contributed by atoms with Crippen LogP contribution in [0.25, 0.3) is 0 Å². The molecular formula is C23H33N3O3. The number of anilines is 2. The van der Waals surface area contributed by atoms with Crippen LogP contribution in [0.3, 0.4) is 0 Å². The van der Waals surface area contributed by atoms with Gasteiger partial charge in [-0.15, -0.1) is 0 Å². The Morgan fingerprint density at radius 3 is 2.38 bits per heavy atom. The minimum Gasteiger partial charge on any atom is -0.450 e. The second-order valence-corrected chi connectivity index (χ2v) is 7.94. The summed E-state index contributed by atoms with van der Waals surface area (Å²) in [6.45, 7) is 14.6. The minimum atomic E-state index is -0.786. The number of carbonyl (C=O) groups excluding carboxylic acids is 2. The average molecular weight is 400 g/mol. The number of benzene rings is 1. The number of hydrogen-bond donors (Lipinski definition) is 1. The molecule has 29 heavy (non-hydrogen) atoms. The SMILES string of the molecule is CCN1CCC2(CC1)OC(=O)C(C)=C2C(=O)Nc1ccc(N(CC)CC)cc1C. The van der Waals surface area contributed by atoms with E-state index < -0.39 is 5.60 Å². The zero-order valence-corrected chi connectivity index (χ0v) is 18.3. The normalized spacial score (nSPS) is 18.9. The molecule has 0 aromatic heterocycles. The van der Waals surface area contributed by atoms with Gasteiger partial charge in [-0.05, 0) is 58.0 Å². The first-order valence-electron chi connectivity index (χ1n) is 10.7. The Labute approximate surface area is 173 Å². The fourth-order valence-electron chi connectivity index (χ4n) is 4.47. The highest BCUT2D eigenvalue weighted by molar-refractivity contribution is 6.12. The van der Waals surface area contributed by atoms with Crippen LogP contribution in [-0.2, 0) is 14.3 Å². The molecule has 1 spiro atoms. The van der Waals surface area contributed by atoms with Crippen molar-refractivity contribution in [2.45, 2.75) is 53.1 Å². The second-order valence-electron chi connectivity index (χ2n) is 7.94. The lowest BCUT2D eigenvalue weighted by atomic mass is 9.82. The molecule has 6 nitrogen and oxygen atoms in total. The van der Waals surface area contributed by atoms with Crippen LogP contribution < -0.4 is 10.2 Å². The smallest absolute Gasteiger partial charge is 0.335 e. The van der Waals surface area contributed by atoms with Gasteiger partial charge in [-0.2, -0.15) is 0 Å². The van der Waals surface area contributed by atoms with E-state index in [-0.39, 0.29) is 11.9 Å². The molecule has 158 valence electrons. The van der Waals surface area contributed by atoms with Gasteiger partial charge in [0.05, 0.1) is 5.57 Å². The van der Waals surface area contributed by atoms with Crippen LogP contribution in [0.2, 0.25) is 0 Å². The van der Waals surface area contributed by atoms with Crippen molar-refractivity contribution < 1.29 is 14.3 Å². The summed E-state index contributed by atoms with van der Waals surface area (Å²) in [5.41, 5.74) is 3.07. The Balaban J connectivity index is 1.83. The van der Waals surface area contributed by atoms with Gasteiger partial charge in [0, 0.05) is 56.0 Å². The number of rotatable bonds is 6. The van der Waals surface area contributed by atoms with Gasteiger partial charge >= 0.3 is 5.97 Å². The molecule has 1 aromatic rings. The molecule has 0 radical (unpaired) electrons. The van der Waals surface area contributed by atoms with Crippen LogP contribution in [0.4, 0.5) is 11.4 Å². The van der Waals surface area contributed by atoms with E-state index in [0.29, 0.717) is 24.0 Å². The molecule has 0 atom stereocenters. The second kappa shape index (κ2) is 8.57. The highest BCUT2D eigenvalue weighted by Crippen LogP contribution is 2.41. The first-order valence-corrected chi connectivity index (χ1v) is 10.7. The van der Waals surface area contributed by atoms with E-state index in [1.165, 1.54) is 0 Å². The first kappa shape index (κ1) is 21.4. The van der Waals surface area contributed by atoms with Crippen LogP contribution in [-0.4, -0.2) is 55.1 Å². The van der Waals surface area contributed by atoms with Gasteiger partial charge in [0.2, 0.25) is 0 Å². The summed E-state index contributed by atoms with van der Waals surface area (Å²) in [5.74, 6) is -0.592. The van der Waals surface area contributed by atoms with Crippen molar-refractivity contribution in [1.29, 1.82) is 0 Å². The maximum atomic E-state index is 13.3. The molecule has 2 aliphatic heterocycles. The number of piperidine rings is 1. The van der Waals surface area contributed by atoms with Crippen LogP contribution in [0.1, 0.15) is 46.1 Å². The highest BCUT2D eigenvalue weighted by Gasteiger charge is 2.50. The van der Waals surface area contributed by atoms with E-state index in [2.05, 4.69) is 42.0 Å². The number of hydrogen-bond acceptors (Lipinski definition) is 5.